The number of carbonyl (C=O) groups excluding carboxylic acids is 1. The van der Waals surface area contributed by atoms with Gasteiger partial charge in [0.15, 0.2) is 0 Å². The summed E-state index contributed by atoms with van der Waals surface area (Å²) in [6.45, 7) is 7.13. The van der Waals surface area contributed by atoms with Crippen LogP contribution >= 0.6 is 22.6 Å². The van der Waals surface area contributed by atoms with E-state index < -0.39 is 11.7 Å². The molecule has 0 atom stereocenters. The number of aryl methyl sites for hydroxylation is 1. The highest BCUT2D eigenvalue weighted by Gasteiger charge is 2.14. The van der Waals surface area contributed by atoms with Gasteiger partial charge in [-0.25, -0.2) is 10.3 Å². The molecule has 0 aliphatic carbocycles. The van der Waals surface area contributed by atoms with Gasteiger partial charge < -0.3 is 4.74 Å². The van der Waals surface area contributed by atoms with Gasteiger partial charge in [-0.05, 0) is 86.7 Å². The first kappa shape index (κ1) is 31.9. The van der Waals surface area contributed by atoms with Gasteiger partial charge in [-0.3, -0.25) is 37.3 Å². The lowest BCUT2D eigenvalue weighted by Crippen LogP contribution is -2.30. The van der Waals surface area contributed by atoms with Crippen LogP contribution in [0.15, 0.2) is 78.9 Å². The van der Waals surface area contributed by atoms with Crippen LogP contribution in [-0.4, -0.2) is 32.5 Å². The molecule has 0 radical (unpaired) electrons. The Morgan fingerprint density at radius 1 is 0.743 bits per heavy atom. The molecular weight excluding hydrogens is 567 g/mol. The van der Waals surface area contributed by atoms with Crippen LogP contribution < -0.4 is 21.9 Å². The highest BCUT2D eigenvalue weighted by Crippen LogP contribution is 2.15. The molecule has 0 saturated heterocycles. The van der Waals surface area contributed by atoms with Crippen molar-refractivity contribution in [2.75, 3.05) is 16.4 Å². The van der Waals surface area contributed by atoms with E-state index in [-0.39, 0.29) is 0 Å². The molecule has 10 nitrogen and oxygen atoms in total. The number of carbonyl (C=O) groups is 1. The summed E-state index contributed by atoms with van der Waals surface area (Å²) < 4.78 is 5.60. The van der Waals surface area contributed by atoms with Crippen LogP contribution in [0.3, 0.4) is 0 Å². The molecule has 0 bridgehead atoms. The van der Waals surface area contributed by atoms with Crippen molar-refractivity contribution in [3.8, 4) is 0 Å². The smallest absolute Gasteiger partial charge is 0.431 e. The zero-order valence-corrected chi connectivity index (χ0v) is 22.1. The van der Waals surface area contributed by atoms with Crippen molar-refractivity contribution in [3.05, 3.63) is 88.0 Å². The number of para-hydroxylation sites is 2. The Kier molecular flexibility index (Phi) is 16.6. The Labute approximate surface area is 218 Å². The molecule has 35 heavy (non-hydrogen) atoms. The van der Waals surface area contributed by atoms with Gasteiger partial charge >= 0.3 is 6.09 Å². The standard InChI is InChI=1S/C7H9NO.C6H6INO.C6H7NO.C5H11NO3/c1-6-2-4-7(8-9)5-3-6;7-5-3-1-2-4-6(5)8-9;8-7-6-4-2-1-3-5-6;1-5(2,3)9-4(7)6-8/h2-5,8-9H,1H3;1-4,8-9H;1-5,7-8H;8H,1-3H3,(H,6,7). The third-order valence-corrected chi connectivity index (χ3v) is 4.51. The molecule has 0 aliphatic heterocycles. The molecule has 1 amide bonds. The van der Waals surface area contributed by atoms with E-state index in [1.54, 1.807) is 32.9 Å². The lowest BCUT2D eigenvalue weighted by molar-refractivity contribution is 0.0229. The molecule has 3 rings (SSSR count). The van der Waals surface area contributed by atoms with Crippen molar-refractivity contribution in [2.45, 2.75) is 33.3 Å². The topological polar surface area (TPSA) is 155 Å². The zero-order valence-electron chi connectivity index (χ0n) is 20.0. The Morgan fingerprint density at radius 3 is 1.57 bits per heavy atom. The van der Waals surface area contributed by atoms with Crippen LogP contribution in [0.2, 0.25) is 0 Å². The number of nitrogens with one attached hydrogen (secondary N) is 4. The average Bonchev–Trinajstić information content (AvgIpc) is 2.85. The van der Waals surface area contributed by atoms with Gasteiger partial charge in [-0.1, -0.05) is 48.0 Å². The highest BCUT2D eigenvalue weighted by molar-refractivity contribution is 14.1. The van der Waals surface area contributed by atoms with Crippen LogP contribution in [0.1, 0.15) is 26.3 Å². The molecule has 0 aromatic heterocycles. The van der Waals surface area contributed by atoms with Gasteiger partial charge in [-0.15, -0.1) is 0 Å². The summed E-state index contributed by atoms with van der Waals surface area (Å²) in [4.78, 5) is 10.2. The van der Waals surface area contributed by atoms with Gasteiger partial charge in [0.25, 0.3) is 0 Å². The summed E-state index contributed by atoms with van der Waals surface area (Å²) in [7, 11) is 0. The molecule has 0 aliphatic rings. The Hall–Kier alpha value is -3.10. The van der Waals surface area contributed by atoms with E-state index in [1.165, 1.54) is 11.0 Å². The van der Waals surface area contributed by atoms with E-state index in [0.29, 0.717) is 5.69 Å². The fourth-order valence-corrected chi connectivity index (χ4v) is 2.50. The minimum absolute atomic E-state index is 0.549. The van der Waals surface area contributed by atoms with E-state index in [0.717, 1.165) is 14.9 Å². The molecule has 8 N–H and O–H groups in total. The van der Waals surface area contributed by atoms with Crippen LogP contribution in [0.4, 0.5) is 21.9 Å². The van der Waals surface area contributed by atoms with E-state index in [9.17, 15) is 4.79 Å². The number of anilines is 3. The Balaban J connectivity index is 0.000000441. The average molecular weight is 600 g/mol. The van der Waals surface area contributed by atoms with Crippen LogP contribution in [0.25, 0.3) is 0 Å². The zero-order chi connectivity index (χ0) is 26.7. The van der Waals surface area contributed by atoms with E-state index in [4.69, 9.17) is 20.8 Å². The van der Waals surface area contributed by atoms with Gasteiger partial charge in [0.2, 0.25) is 0 Å². The van der Waals surface area contributed by atoms with Crippen molar-refractivity contribution >= 4 is 45.7 Å². The molecule has 0 spiro atoms. The van der Waals surface area contributed by atoms with Crippen LogP contribution in [0, 0.1) is 10.5 Å². The van der Waals surface area contributed by atoms with E-state index >= 15 is 0 Å². The normalized spacial score (nSPS) is 9.40. The molecule has 11 heteroatoms. The second-order valence-corrected chi connectivity index (χ2v) is 8.82. The first-order valence-electron chi connectivity index (χ1n) is 10.3. The van der Waals surface area contributed by atoms with Gasteiger partial charge in [0.1, 0.15) is 5.60 Å². The van der Waals surface area contributed by atoms with Gasteiger partial charge in [0.05, 0.1) is 17.1 Å². The quantitative estimate of drug-likeness (QED) is 0.0986. The summed E-state index contributed by atoms with van der Waals surface area (Å²) >= 11 is 2.14. The lowest BCUT2D eigenvalue weighted by Gasteiger charge is -2.17. The molecule has 192 valence electrons. The predicted octanol–water partition coefficient (Wildman–Crippen LogP) is 6.28. The predicted molar refractivity (Wildman–Crippen MR) is 144 cm³/mol. The number of hydroxylamine groups is 1. The summed E-state index contributed by atoms with van der Waals surface area (Å²) in [6, 6.07) is 24.1. The maximum Gasteiger partial charge on any atom is 0.431 e. The van der Waals surface area contributed by atoms with Crippen LogP contribution in [-0.2, 0) is 4.74 Å². The number of ether oxygens (including phenoxy) is 1. The van der Waals surface area contributed by atoms with Crippen LogP contribution in [0.5, 0.6) is 0 Å². The number of hydrogen-bond acceptors (Lipinski definition) is 9. The Morgan fingerprint density at radius 2 is 1.23 bits per heavy atom. The van der Waals surface area contributed by atoms with Crippen molar-refractivity contribution < 1.29 is 30.4 Å². The SMILES string of the molecule is CC(C)(C)OC(=O)NO.Cc1ccc(NO)cc1.ONc1ccccc1.ONc1ccccc1I. The monoisotopic (exact) mass is 600 g/mol. The number of hydrogen-bond donors (Lipinski definition) is 8. The van der Waals surface area contributed by atoms with Gasteiger partial charge in [0, 0.05) is 3.57 Å². The molecular formula is C24H33IN4O6. The van der Waals surface area contributed by atoms with Gasteiger partial charge in [-0.2, -0.15) is 0 Å². The first-order valence-corrected chi connectivity index (χ1v) is 11.3. The number of amides is 1. The molecule has 0 saturated carbocycles. The summed E-state index contributed by atoms with van der Waals surface area (Å²) in [5, 5.41) is 33.1. The molecule has 0 heterocycles. The maximum absolute atomic E-state index is 10.2. The molecule has 0 unspecified atom stereocenters. The van der Waals surface area contributed by atoms with Crippen molar-refractivity contribution in [2.24, 2.45) is 0 Å². The highest BCUT2D eigenvalue weighted by atomic mass is 127. The molecule has 3 aromatic carbocycles. The molecule has 3 aromatic rings. The lowest BCUT2D eigenvalue weighted by atomic mass is 10.2. The van der Waals surface area contributed by atoms with E-state index in [2.05, 4.69) is 38.3 Å². The Bertz CT molecular complexity index is 954. The minimum Gasteiger partial charge on any atom is -0.442 e. The first-order chi connectivity index (χ1) is 16.6. The fraction of sp³-hybridized carbons (Fsp3) is 0.208. The third kappa shape index (κ3) is 17.1. The largest absolute Gasteiger partial charge is 0.442 e. The summed E-state index contributed by atoms with van der Waals surface area (Å²) in [5.74, 6) is 0. The second kappa shape index (κ2) is 18.3. The third-order valence-electron chi connectivity index (χ3n) is 3.57. The maximum atomic E-state index is 10.2. The van der Waals surface area contributed by atoms with E-state index in [1.807, 2.05) is 79.1 Å². The number of halogens is 1. The van der Waals surface area contributed by atoms with Crippen molar-refractivity contribution in [1.29, 1.82) is 0 Å². The minimum atomic E-state index is -0.831. The summed E-state index contributed by atoms with van der Waals surface area (Å²) in [6.07, 6.45) is -0.831. The second-order valence-electron chi connectivity index (χ2n) is 7.66. The van der Waals surface area contributed by atoms with Crippen molar-refractivity contribution in [3.63, 3.8) is 0 Å². The number of benzene rings is 3. The molecule has 0 fully saturated rings. The summed E-state index contributed by atoms with van der Waals surface area (Å²) in [5.41, 5.74) is 10.4. The van der Waals surface area contributed by atoms with Crippen molar-refractivity contribution in [1.82, 2.24) is 5.48 Å². The number of rotatable bonds is 3. The fourth-order valence-electron chi connectivity index (χ4n) is 1.99.